The number of hydrogen-bond donors (Lipinski definition) is 3. The topological polar surface area (TPSA) is 94.9 Å². The number of unbranched alkanes of at least 4 members (excludes halogenated alkanes) is 3. The monoisotopic (exact) mass is 737 g/mol. The number of pyridine rings is 1. The number of nitrogens with zero attached hydrogens (tertiary/aromatic N) is 4. The summed E-state index contributed by atoms with van der Waals surface area (Å²) in [7, 11) is 1.92. The number of aromatic nitrogens is 2. The van der Waals surface area contributed by atoms with Crippen LogP contribution in [0, 0.1) is 5.41 Å². The van der Waals surface area contributed by atoms with Crippen molar-refractivity contribution in [1.82, 2.24) is 25.3 Å². The molecule has 2 saturated heterocycles. The first kappa shape index (κ1) is 39.9. The minimum atomic E-state index is -0.738. The fourth-order valence-electron chi connectivity index (χ4n) is 8.72. The highest BCUT2D eigenvalue weighted by Crippen LogP contribution is 2.43. The third-order valence-electron chi connectivity index (χ3n) is 11.5. The maximum absolute atomic E-state index is 12.0. The molecule has 292 valence electrons. The molecule has 2 aliphatic heterocycles. The summed E-state index contributed by atoms with van der Waals surface area (Å²) in [6.45, 7) is 16.2. The lowest BCUT2D eigenvalue weighted by Gasteiger charge is -2.45. The van der Waals surface area contributed by atoms with Gasteiger partial charge in [-0.2, -0.15) is 0 Å². The van der Waals surface area contributed by atoms with Crippen LogP contribution in [0.3, 0.4) is 0 Å². The van der Waals surface area contributed by atoms with Gasteiger partial charge in [-0.15, -0.1) is 0 Å². The minimum absolute atomic E-state index is 0.265. The molecule has 9 heteroatoms. The number of nitrogens with one attached hydrogen (secondary N) is 2. The number of piperidine rings is 1. The van der Waals surface area contributed by atoms with Crippen molar-refractivity contribution < 1.29 is 14.6 Å². The highest BCUT2D eigenvalue weighted by molar-refractivity contribution is 5.95. The molecule has 2 unspecified atom stereocenters. The first-order valence-electron chi connectivity index (χ1n) is 20.5. The summed E-state index contributed by atoms with van der Waals surface area (Å²) in [6, 6.07) is 18.8. The van der Waals surface area contributed by atoms with Gasteiger partial charge in [-0.3, -0.25) is 25.5 Å². The minimum Gasteiger partial charge on any atom is -0.465 e. The predicted molar refractivity (Wildman–Crippen MR) is 222 cm³/mol. The summed E-state index contributed by atoms with van der Waals surface area (Å²) in [4.78, 5) is 22.2. The lowest BCUT2D eigenvalue weighted by atomic mass is 9.84. The summed E-state index contributed by atoms with van der Waals surface area (Å²) in [5.41, 5.74) is 15.9. The van der Waals surface area contributed by atoms with Gasteiger partial charge in [0, 0.05) is 67.6 Å². The number of piperazine rings is 1. The van der Waals surface area contributed by atoms with Crippen molar-refractivity contribution in [2.75, 3.05) is 51.3 Å². The molecule has 0 bridgehead atoms. The average Bonchev–Trinajstić information content (AvgIpc) is 3.47. The summed E-state index contributed by atoms with van der Waals surface area (Å²) in [6.07, 6.45) is 11.6. The van der Waals surface area contributed by atoms with Gasteiger partial charge in [0.25, 0.3) is 0 Å². The van der Waals surface area contributed by atoms with Crippen molar-refractivity contribution in [2.45, 2.75) is 111 Å². The zero-order chi connectivity index (χ0) is 38.2. The van der Waals surface area contributed by atoms with E-state index in [1.165, 1.54) is 86.1 Å². The van der Waals surface area contributed by atoms with Gasteiger partial charge in [0.05, 0.1) is 36.0 Å². The van der Waals surface area contributed by atoms with E-state index in [0.717, 1.165) is 61.6 Å². The van der Waals surface area contributed by atoms with Crippen LogP contribution < -0.4 is 15.8 Å². The molecule has 2 aromatic carbocycles. The Kier molecular flexibility index (Phi) is 13.5. The van der Waals surface area contributed by atoms with Gasteiger partial charge in [-0.25, -0.2) is 0 Å². The van der Waals surface area contributed by atoms with Gasteiger partial charge >= 0.3 is 5.97 Å². The first-order valence-corrected chi connectivity index (χ1v) is 20.5. The second-order valence-electron chi connectivity index (χ2n) is 16.4. The molecule has 2 atom stereocenters. The SMILES string of the molecule is CCn1c(-c2cc(N3CCN4CCCCC4C3)cnc2C(C)O)c(CC(C)(C)COC(C)=O)c2cc(-c3cccc(CCCCCCNNC)c3)ccc21. The highest BCUT2D eigenvalue weighted by Gasteiger charge is 2.32. The van der Waals surface area contributed by atoms with Gasteiger partial charge < -0.3 is 19.3 Å². The van der Waals surface area contributed by atoms with Gasteiger partial charge in [-0.05, 0) is 106 Å². The third kappa shape index (κ3) is 9.54. The van der Waals surface area contributed by atoms with Gasteiger partial charge in [-0.1, -0.05) is 63.4 Å². The van der Waals surface area contributed by atoms with Crippen molar-refractivity contribution in [3.8, 4) is 22.4 Å². The molecule has 3 N–H and O–H groups in total. The van der Waals surface area contributed by atoms with Crippen LogP contribution in [0.4, 0.5) is 5.69 Å². The van der Waals surface area contributed by atoms with Crippen LogP contribution >= 0.6 is 0 Å². The number of esters is 1. The van der Waals surface area contributed by atoms with Crippen LogP contribution in [0.25, 0.3) is 33.3 Å². The standard InChI is InChI=1S/C45H64N6O3/c1-7-51-42-20-19-36(35-17-14-16-34(25-35)15-10-8-9-12-21-48-46-6)26-39(42)41(28-45(4,5)31-54-33(3)53)44(51)40-27-38(29-47-43(40)32(2)52)50-24-23-49-22-13-11-18-37(49)30-50/h14,16-17,19-20,25-27,29,32,37,46,48,52H,7-13,15,18,21-24,28,30-31H2,1-6H3. The molecule has 6 rings (SSSR count). The number of benzene rings is 2. The van der Waals surface area contributed by atoms with Gasteiger partial charge in [0.1, 0.15) is 0 Å². The van der Waals surface area contributed by atoms with E-state index in [-0.39, 0.29) is 11.4 Å². The van der Waals surface area contributed by atoms with Crippen molar-refractivity contribution in [2.24, 2.45) is 5.41 Å². The Morgan fingerprint density at radius 3 is 2.63 bits per heavy atom. The molecule has 0 aliphatic carbocycles. The largest absolute Gasteiger partial charge is 0.465 e. The van der Waals surface area contributed by atoms with E-state index in [0.29, 0.717) is 24.8 Å². The Labute approximate surface area is 323 Å². The Morgan fingerprint density at radius 2 is 1.85 bits per heavy atom. The van der Waals surface area contributed by atoms with Gasteiger partial charge in [0.2, 0.25) is 0 Å². The van der Waals surface area contributed by atoms with E-state index < -0.39 is 6.10 Å². The lowest BCUT2D eigenvalue weighted by Crippen LogP contribution is -2.54. The van der Waals surface area contributed by atoms with E-state index in [2.05, 4.69) is 94.5 Å². The van der Waals surface area contributed by atoms with E-state index in [1.807, 2.05) is 20.2 Å². The quantitative estimate of drug-likeness (QED) is 0.0570. The molecule has 0 spiro atoms. The molecular weight excluding hydrogens is 673 g/mol. The second-order valence-corrected chi connectivity index (χ2v) is 16.4. The lowest BCUT2D eigenvalue weighted by molar-refractivity contribution is -0.143. The van der Waals surface area contributed by atoms with Gasteiger partial charge in [0.15, 0.2) is 0 Å². The van der Waals surface area contributed by atoms with Crippen molar-refractivity contribution in [3.63, 3.8) is 0 Å². The van der Waals surface area contributed by atoms with Crippen LogP contribution in [0.15, 0.2) is 54.7 Å². The Balaban J connectivity index is 1.41. The molecule has 9 nitrogen and oxygen atoms in total. The molecular formula is C45H64N6O3. The third-order valence-corrected chi connectivity index (χ3v) is 11.5. The average molecular weight is 737 g/mol. The molecule has 2 fully saturated rings. The highest BCUT2D eigenvalue weighted by atomic mass is 16.5. The fraction of sp³-hybridized carbons (Fsp3) is 0.556. The molecule has 2 aromatic heterocycles. The maximum Gasteiger partial charge on any atom is 0.302 e. The van der Waals surface area contributed by atoms with Crippen LogP contribution in [-0.4, -0.2) is 77.9 Å². The number of hydrogen-bond acceptors (Lipinski definition) is 8. The molecule has 2 aliphatic rings. The van der Waals surface area contributed by atoms with Crippen LogP contribution in [0.1, 0.15) is 102 Å². The molecule has 0 amide bonds. The summed E-state index contributed by atoms with van der Waals surface area (Å²) in [5.74, 6) is -0.265. The van der Waals surface area contributed by atoms with Crippen molar-refractivity contribution >= 4 is 22.6 Å². The normalized spacial score (nSPS) is 17.2. The molecule has 4 heterocycles. The molecule has 0 radical (unpaired) electrons. The fourth-order valence-corrected chi connectivity index (χ4v) is 8.72. The molecule has 0 saturated carbocycles. The van der Waals surface area contributed by atoms with E-state index in [1.54, 1.807) is 0 Å². The predicted octanol–water partition coefficient (Wildman–Crippen LogP) is 8.08. The van der Waals surface area contributed by atoms with E-state index in [4.69, 9.17) is 9.72 Å². The van der Waals surface area contributed by atoms with Crippen LogP contribution in [0.2, 0.25) is 0 Å². The smallest absolute Gasteiger partial charge is 0.302 e. The number of fused-ring (bicyclic) bond motifs is 2. The zero-order valence-electron chi connectivity index (χ0n) is 33.7. The Morgan fingerprint density at radius 1 is 1.04 bits per heavy atom. The summed E-state index contributed by atoms with van der Waals surface area (Å²) in [5, 5.41) is 12.4. The maximum atomic E-state index is 12.0. The second kappa shape index (κ2) is 18.2. The number of carbonyl (C=O) groups excluding carboxylic acids is 1. The molecule has 54 heavy (non-hydrogen) atoms. The zero-order valence-corrected chi connectivity index (χ0v) is 33.7. The molecule has 4 aromatic rings. The van der Waals surface area contributed by atoms with E-state index >= 15 is 0 Å². The Hall–Kier alpha value is -3.76. The summed E-state index contributed by atoms with van der Waals surface area (Å²) >= 11 is 0. The van der Waals surface area contributed by atoms with Crippen LogP contribution in [-0.2, 0) is 28.9 Å². The number of aliphatic hydroxyl groups excluding tert-OH is 1. The van der Waals surface area contributed by atoms with E-state index in [9.17, 15) is 9.90 Å². The summed E-state index contributed by atoms with van der Waals surface area (Å²) < 4.78 is 8.04. The number of hydrazine groups is 1. The number of anilines is 1. The number of aliphatic hydroxyl groups is 1. The van der Waals surface area contributed by atoms with Crippen LogP contribution in [0.5, 0.6) is 0 Å². The first-order chi connectivity index (χ1) is 26.1. The number of aryl methyl sites for hydroxylation is 2. The number of ether oxygens (including phenoxy) is 1. The number of carbonyl (C=O) groups is 1. The Bertz CT molecular complexity index is 1870. The van der Waals surface area contributed by atoms with Crippen molar-refractivity contribution in [1.29, 1.82) is 0 Å². The number of rotatable bonds is 17. The van der Waals surface area contributed by atoms with Crippen molar-refractivity contribution in [3.05, 3.63) is 71.5 Å².